The molecule has 1 unspecified atom stereocenters. The first-order valence-corrected chi connectivity index (χ1v) is 7.47. The summed E-state index contributed by atoms with van der Waals surface area (Å²) in [5.41, 5.74) is 1.24. The van der Waals surface area contributed by atoms with Crippen LogP contribution >= 0.6 is 11.3 Å². The van der Waals surface area contributed by atoms with E-state index in [0.717, 1.165) is 18.7 Å². The predicted molar refractivity (Wildman–Crippen MR) is 81.9 cm³/mol. The Morgan fingerprint density at radius 2 is 2.00 bits per heavy atom. The van der Waals surface area contributed by atoms with Gasteiger partial charge in [-0.15, -0.1) is 11.3 Å². The fourth-order valence-corrected chi connectivity index (χ4v) is 3.07. The van der Waals surface area contributed by atoms with Crippen LogP contribution in [0.3, 0.4) is 0 Å². The topological polar surface area (TPSA) is 21.3 Å². The summed E-state index contributed by atoms with van der Waals surface area (Å²) < 4.78 is 5.45. The van der Waals surface area contributed by atoms with Gasteiger partial charge in [0.15, 0.2) is 0 Å². The lowest BCUT2D eigenvalue weighted by atomic mass is 10.0. The molecule has 3 heteroatoms. The summed E-state index contributed by atoms with van der Waals surface area (Å²) in [6, 6.07) is 12.9. The molecule has 0 saturated carbocycles. The highest BCUT2D eigenvalue weighted by Gasteiger charge is 2.13. The van der Waals surface area contributed by atoms with E-state index in [0.29, 0.717) is 6.04 Å². The molecule has 2 rings (SSSR count). The van der Waals surface area contributed by atoms with Crippen LogP contribution in [0.4, 0.5) is 0 Å². The maximum Gasteiger partial charge on any atom is 0.123 e. The van der Waals surface area contributed by atoms with E-state index in [1.165, 1.54) is 15.3 Å². The Hall–Kier alpha value is -1.32. The smallest absolute Gasteiger partial charge is 0.123 e. The molecule has 0 aliphatic carbocycles. The van der Waals surface area contributed by atoms with Gasteiger partial charge >= 0.3 is 0 Å². The first-order valence-electron chi connectivity index (χ1n) is 6.66. The van der Waals surface area contributed by atoms with Crippen molar-refractivity contribution in [2.75, 3.05) is 7.11 Å². The lowest BCUT2D eigenvalue weighted by Gasteiger charge is -2.19. The van der Waals surface area contributed by atoms with Crippen molar-refractivity contribution in [3.05, 3.63) is 51.7 Å². The Morgan fingerprint density at radius 3 is 2.63 bits per heavy atom. The zero-order valence-corrected chi connectivity index (χ0v) is 12.6. The van der Waals surface area contributed by atoms with E-state index in [9.17, 15) is 0 Å². The van der Waals surface area contributed by atoms with E-state index in [4.69, 9.17) is 4.74 Å². The second-order valence-corrected chi connectivity index (χ2v) is 5.97. The molecule has 0 fully saturated rings. The molecular weight excluding hydrogens is 254 g/mol. The van der Waals surface area contributed by atoms with Gasteiger partial charge in [0.1, 0.15) is 5.75 Å². The third kappa shape index (κ3) is 3.58. The molecule has 0 aliphatic heterocycles. The van der Waals surface area contributed by atoms with E-state index in [1.807, 2.05) is 23.5 Å². The van der Waals surface area contributed by atoms with Gasteiger partial charge in [-0.3, -0.25) is 0 Å². The Balaban J connectivity index is 2.07. The number of benzene rings is 1. The van der Waals surface area contributed by atoms with Gasteiger partial charge in [-0.25, -0.2) is 0 Å². The van der Waals surface area contributed by atoms with Gasteiger partial charge in [0.2, 0.25) is 0 Å². The van der Waals surface area contributed by atoms with Gasteiger partial charge in [0.05, 0.1) is 7.11 Å². The Kier molecular flexibility index (Phi) is 5.00. The number of para-hydroxylation sites is 1. The van der Waals surface area contributed by atoms with Crippen molar-refractivity contribution in [1.82, 2.24) is 5.32 Å². The van der Waals surface area contributed by atoms with Crippen LogP contribution in [-0.2, 0) is 6.54 Å². The molecular formula is C16H21NOS. The summed E-state index contributed by atoms with van der Waals surface area (Å²) in [5.74, 6) is 0.962. The molecule has 1 atom stereocenters. The first kappa shape index (κ1) is 14.1. The van der Waals surface area contributed by atoms with E-state index < -0.39 is 0 Å². The molecule has 102 valence electrons. The quantitative estimate of drug-likeness (QED) is 0.848. The number of ether oxygens (including phenoxy) is 1. The molecule has 1 aromatic heterocycles. The highest BCUT2D eigenvalue weighted by Crippen LogP contribution is 2.27. The summed E-state index contributed by atoms with van der Waals surface area (Å²) in [4.78, 5) is 2.74. The van der Waals surface area contributed by atoms with E-state index in [1.54, 1.807) is 7.11 Å². The summed E-state index contributed by atoms with van der Waals surface area (Å²) in [7, 11) is 1.73. The fourth-order valence-electron chi connectivity index (χ4n) is 2.23. The molecule has 0 bridgehead atoms. The molecule has 1 heterocycles. The van der Waals surface area contributed by atoms with Crippen LogP contribution in [0.25, 0.3) is 0 Å². The minimum Gasteiger partial charge on any atom is -0.496 e. The summed E-state index contributed by atoms with van der Waals surface area (Å²) in [6.07, 6.45) is 1.05. The average molecular weight is 275 g/mol. The molecule has 2 aromatic rings. The van der Waals surface area contributed by atoms with Crippen molar-refractivity contribution in [1.29, 1.82) is 0 Å². The summed E-state index contributed by atoms with van der Waals surface area (Å²) in [6.45, 7) is 5.25. The maximum absolute atomic E-state index is 5.45. The third-order valence-electron chi connectivity index (χ3n) is 3.24. The standard InChI is InChI=1S/C16H21NOS/c1-4-15(14-7-5-6-8-16(14)18-3)17-11-13-10-9-12(2)19-13/h5-10,15,17H,4,11H2,1-3H3. The van der Waals surface area contributed by atoms with Crippen molar-refractivity contribution in [2.45, 2.75) is 32.9 Å². The normalized spacial score (nSPS) is 12.4. The molecule has 1 aromatic carbocycles. The number of thiophene rings is 1. The van der Waals surface area contributed by atoms with Gasteiger partial charge in [-0.1, -0.05) is 25.1 Å². The van der Waals surface area contributed by atoms with E-state index >= 15 is 0 Å². The Morgan fingerprint density at radius 1 is 1.21 bits per heavy atom. The lowest BCUT2D eigenvalue weighted by molar-refractivity contribution is 0.397. The largest absolute Gasteiger partial charge is 0.496 e. The third-order valence-corrected chi connectivity index (χ3v) is 4.24. The second kappa shape index (κ2) is 6.73. The Bertz CT molecular complexity index is 521. The zero-order chi connectivity index (χ0) is 13.7. The van der Waals surface area contributed by atoms with Crippen LogP contribution in [0, 0.1) is 6.92 Å². The highest BCUT2D eigenvalue weighted by molar-refractivity contribution is 7.11. The van der Waals surface area contributed by atoms with Gasteiger partial charge < -0.3 is 10.1 Å². The molecule has 0 saturated heterocycles. The molecule has 1 N–H and O–H groups in total. The van der Waals surface area contributed by atoms with Gasteiger partial charge in [0.25, 0.3) is 0 Å². The SMILES string of the molecule is CCC(NCc1ccc(C)s1)c1ccccc1OC. The minimum absolute atomic E-state index is 0.332. The Labute approximate surface area is 119 Å². The number of hydrogen-bond acceptors (Lipinski definition) is 3. The summed E-state index contributed by atoms with van der Waals surface area (Å²) >= 11 is 1.85. The number of rotatable bonds is 6. The average Bonchev–Trinajstić information content (AvgIpc) is 2.86. The van der Waals surface area contributed by atoms with Crippen molar-refractivity contribution in [2.24, 2.45) is 0 Å². The first-order chi connectivity index (χ1) is 9.24. The van der Waals surface area contributed by atoms with Crippen LogP contribution in [0.5, 0.6) is 5.75 Å². The van der Waals surface area contributed by atoms with Crippen LogP contribution < -0.4 is 10.1 Å². The van der Waals surface area contributed by atoms with Crippen LogP contribution in [-0.4, -0.2) is 7.11 Å². The number of hydrogen-bond donors (Lipinski definition) is 1. The molecule has 19 heavy (non-hydrogen) atoms. The van der Waals surface area contributed by atoms with Crippen molar-refractivity contribution < 1.29 is 4.74 Å². The molecule has 0 amide bonds. The molecule has 0 aliphatic rings. The minimum atomic E-state index is 0.332. The summed E-state index contributed by atoms with van der Waals surface area (Å²) in [5, 5.41) is 3.62. The predicted octanol–water partition coefficient (Wildman–Crippen LogP) is 4.31. The highest BCUT2D eigenvalue weighted by atomic mass is 32.1. The van der Waals surface area contributed by atoms with E-state index in [-0.39, 0.29) is 0 Å². The van der Waals surface area contributed by atoms with Gasteiger partial charge in [-0.2, -0.15) is 0 Å². The number of methoxy groups -OCH3 is 1. The van der Waals surface area contributed by atoms with Crippen LogP contribution in [0.15, 0.2) is 36.4 Å². The van der Waals surface area contributed by atoms with Crippen molar-refractivity contribution in [3.8, 4) is 5.75 Å². The fraction of sp³-hybridized carbons (Fsp3) is 0.375. The van der Waals surface area contributed by atoms with Crippen LogP contribution in [0.1, 0.15) is 34.7 Å². The van der Waals surface area contributed by atoms with Gasteiger partial charge in [-0.05, 0) is 31.5 Å². The molecule has 0 radical (unpaired) electrons. The van der Waals surface area contributed by atoms with Crippen molar-refractivity contribution >= 4 is 11.3 Å². The monoisotopic (exact) mass is 275 g/mol. The molecule has 0 spiro atoms. The van der Waals surface area contributed by atoms with E-state index in [2.05, 4.69) is 43.4 Å². The number of aryl methyl sites for hydroxylation is 1. The molecule has 2 nitrogen and oxygen atoms in total. The second-order valence-electron chi connectivity index (χ2n) is 4.60. The van der Waals surface area contributed by atoms with Crippen molar-refractivity contribution in [3.63, 3.8) is 0 Å². The maximum atomic E-state index is 5.45. The van der Waals surface area contributed by atoms with Crippen LogP contribution in [0.2, 0.25) is 0 Å². The number of nitrogens with one attached hydrogen (secondary N) is 1. The van der Waals surface area contributed by atoms with Gasteiger partial charge in [0, 0.05) is 27.9 Å². The lowest BCUT2D eigenvalue weighted by Crippen LogP contribution is -2.20. The zero-order valence-electron chi connectivity index (χ0n) is 11.8.